The molecule has 2 aromatic carbocycles. The molecule has 0 saturated carbocycles. The summed E-state index contributed by atoms with van der Waals surface area (Å²) in [7, 11) is 0. The largest absolute Gasteiger partial charge is 0.352 e. The van der Waals surface area contributed by atoms with Crippen molar-refractivity contribution in [1.29, 1.82) is 0 Å². The van der Waals surface area contributed by atoms with E-state index in [0.717, 1.165) is 43.6 Å². The Balaban J connectivity index is 1.47. The van der Waals surface area contributed by atoms with Crippen LogP contribution in [0.25, 0.3) is 0 Å². The number of nitrogens with zero attached hydrogens (tertiary/aromatic N) is 1. The first kappa shape index (κ1) is 19.5. The Hall–Kier alpha value is -1.26. The first-order chi connectivity index (χ1) is 12.5. The summed E-state index contributed by atoms with van der Waals surface area (Å²) < 4.78 is 0. The molecule has 1 aliphatic heterocycles. The standard InChI is InChI=1S/C20H21Cl3N2O/c21-17-6-5-16(19(23)11-17)13-25-9-7-14(8-10-25)20(26)24-12-15-3-1-2-4-18(15)22/h1-6,11,14H,7-10,12-13H2,(H,24,26). The summed E-state index contributed by atoms with van der Waals surface area (Å²) in [6.07, 6.45) is 1.69. The molecule has 0 aliphatic carbocycles. The van der Waals surface area contributed by atoms with Gasteiger partial charge < -0.3 is 5.32 Å². The number of hydrogen-bond donors (Lipinski definition) is 1. The molecule has 0 spiro atoms. The highest BCUT2D eigenvalue weighted by molar-refractivity contribution is 6.35. The van der Waals surface area contributed by atoms with Crippen molar-refractivity contribution < 1.29 is 4.79 Å². The summed E-state index contributed by atoms with van der Waals surface area (Å²) in [5, 5.41) is 5.03. The second kappa shape index (κ2) is 9.09. The number of carbonyl (C=O) groups excluding carboxylic acids is 1. The highest BCUT2D eigenvalue weighted by Gasteiger charge is 2.25. The number of piperidine rings is 1. The van der Waals surface area contributed by atoms with Gasteiger partial charge >= 0.3 is 0 Å². The summed E-state index contributed by atoms with van der Waals surface area (Å²) in [5.74, 6) is 0.156. The third-order valence-electron chi connectivity index (χ3n) is 4.78. The molecule has 1 fully saturated rings. The van der Waals surface area contributed by atoms with Gasteiger partial charge in [0.05, 0.1) is 0 Å². The lowest BCUT2D eigenvalue weighted by atomic mass is 9.95. The van der Waals surface area contributed by atoms with Crippen LogP contribution in [0.2, 0.25) is 15.1 Å². The van der Waals surface area contributed by atoms with Crippen molar-refractivity contribution in [3.8, 4) is 0 Å². The predicted molar refractivity (Wildman–Crippen MR) is 108 cm³/mol. The van der Waals surface area contributed by atoms with E-state index in [0.29, 0.717) is 21.6 Å². The fourth-order valence-electron chi connectivity index (χ4n) is 3.21. The SMILES string of the molecule is O=C(NCc1ccccc1Cl)C1CCN(Cc2ccc(Cl)cc2Cl)CC1. The van der Waals surface area contributed by atoms with Gasteiger partial charge in [0.2, 0.25) is 5.91 Å². The summed E-state index contributed by atoms with van der Waals surface area (Å²) in [4.78, 5) is 14.8. The van der Waals surface area contributed by atoms with Crippen LogP contribution in [0.1, 0.15) is 24.0 Å². The molecule has 3 rings (SSSR count). The van der Waals surface area contributed by atoms with Crippen LogP contribution in [0.3, 0.4) is 0 Å². The summed E-state index contributed by atoms with van der Waals surface area (Å²) in [5.41, 5.74) is 2.01. The van der Waals surface area contributed by atoms with Crippen LogP contribution in [0, 0.1) is 5.92 Å². The average molecular weight is 412 g/mol. The number of amides is 1. The van der Waals surface area contributed by atoms with E-state index in [1.807, 2.05) is 36.4 Å². The maximum Gasteiger partial charge on any atom is 0.223 e. The van der Waals surface area contributed by atoms with Gasteiger partial charge in [-0.1, -0.05) is 59.1 Å². The van der Waals surface area contributed by atoms with Crippen LogP contribution < -0.4 is 5.32 Å². The Kier molecular flexibility index (Phi) is 6.82. The molecule has 6 heteroatoms. The first-order valence-electron chi connectivity index (χ1n) is 8.70. The van der Waals surface area contributed by atoms with Crippen LogP contribution in [0.4, 0.5) is 0 Å². The molecule has 1 heterocycles. The second-order valence-corrected chi connectivity index (χ2v) is 7.85. The fourth-order valence-corrected chi connectivity index (χ4v) is 3.88. The van der Waals surface area contributed by atoms with Gasteiger partial charge in [-0.2, -0.15) is 0 Å². The normalized spacial score (nSPS) is 15.8. The van der Waals surface area contributed by atoms with Crippen molar-refractivity contribution in [3.05, 3.63) is 68.7 Å². The molecule has 1 aliphatic rings. The monoisotopic (exact) mass is 410 g/mol. The smallest absolute Gasteiger partial charge is 0.223 e. The third-order valence-corrected chi connectivity index (χ3v) is 5.73. The summed E-state index contributed by atoms with van der Waals surface area (Å²) in [6.45, 7) is 3.01. The van der Waals surface area contributed by atoms with Gasteiger partial charge in [0.1, 0.15) is 0 Å². The second-order valence-electron chi connectivity index (χ2n) is 6.60. The van der Waals surface area contributed by atoms with Crippen molar-refractivity contribution in [2.24, 2.45) is 5.92 Å². The van der Waals surface area contributed by atoms with Gasteiger partial charge in [0, 0.05) is 34.1 Å². The maximum atomic E-state index is 12.4. The van der Waals surface area contributed by atoms with Gasteiger partial charge in [-0.05, 0) is 55.3 Å². The Morgan fingerprint density at radius 3 is 2.42 bits per heavy atom. The van der Waals surface area contributed by atoms with Gasteiger partial charge in [-0.3, -0.25) is 9.69 Å². The number of rotatable bonds is 5. The summed E-state index contributed by atoms with van der Waals surface area (Å²) in [6, 6.07) is 13.2. The van der Waals surface area contributed by atoms with Crippen molar-refractivity contribution >= 4 is 40.7 Å². The van der Waals surface area contributed by atoms with Crippen LogP contribution in [-0.2, 0) is 17.9 Å². The minimum Gasteiger partial charge on any atom is -0.352 e. The Bertz CT molecular complexity index is 773. The van der Waals surface area contributed by atoms with E-state index >= 15 is 0 Å². The molecule has 0 radical (unpaired) electrons. The molecular formula is C20H21Cl3N2O. The minimum atomic E-state index is 0.0504. The van der Waals surface area contributed by atoms with Crippen molar-refractivity contribution in [1.82, 2.24) is 10.2 Å². The van der Waals surface area contributed by atoms with E-state index in [1.165, 1.54) is 0 Å². The molecule has 0 aromatic heterocycles. The van der Waals surface area contributed by atoms with Crippen molar-refractivity contribution in [2.75, 3.05) is 13.1 Å². The van der Waals surface area contributed by atoms with E-state index in [9.17, 15) is 4.79 Å². The topological polar surface area (TPSA) is 32.3 Å². The molecule has 0 bridgehead atoms. The Morgan fingerprint density at radius 2 is 1.73 bits per heavy atom. The Labute approximate surface area is 169 Å². The highest BCUT2D eigenvalue weighted by atomic mass is 35.5. The zero-order chi connectivity index (χ0) is 18.5. The minimum absolute atomic E-state index is 0.0504. The lowest BCUT2D eigenvalue weighted by Crippen LogP contribution is -2.40. The molecule has 26 heavy (non-hydrogen) atoms. The summed E-state index contributed by atoms with van der Waals surface area (Å²) >= 11 is 18.3. The highest BCUT2D eigenvalue weighted by Crippen LogP contribution is 2.25. The van der Waals surface area contributed by atoms with Crippen LogP contribution in [0.5, 0.6) is 0 Å². The molecule has 0 atom stereocenters. The van der Waals surface area contributed by atoms with E-state index in [-0.39, 0.29) is 11.8 Å². The number of halogens is 3. The molecule has 3 nitrogen and oxygen atoms in total. The maximum absolute atomic E-state index is 12.4. The molecule has 138 valence electrons. The molecule has 0 unspecified atom stereocenters. The lowest BCUT2D eigenvalue weighted by Gasteiger charge is -2.31. The van der Waals surface area contributed by atoms with E-state index in [2.05, 4.69) is 10.2 Å². The number of carbonyl (C=O) groups is 1. The van der Waals surface area contributed by atoms with Crippen molar-refractivity contribution in [3.63, 3.8) is 0 Å². The first-order valence-corrected chi connectivity index (χ1v) is 9.83. The Morgan fingerprint density at radius 1 is 1.00 bits per heavy atom. The molecular weight excluding hydrogens is 391 g/mol. The number of likely N-dealkylation sites (tertiary alicyclic amines) is 1. The van der Waals surface area contributed by atoms with Gasteiger partial charge in [-0.15, -0.1) is 0 Å². The van der Waals surface area contributed by atoms with Crippen LogP contribution >= 0.6 is 34.8 Å². The molecule has 1 saturated heterocycles. The third kappa shape index (κ3) is 5.14. The molecule has 2 aromatic rings. The van der Waals surface area contributed by atoms with E-state index in [1.54, 1.807) is 6.07 Å². The van der Waals surface area contributed by atoms with Crippen LogP contribution in [-0.4, -0.2) is 23.9 Å². The van der Waals surface area contributed by atoms with E-state index < -0.39 is 0 Å². The number of benzene rings is 2. The predicted octanol–water partition coefficient (Wildman–Crippen LogP) is 5.18. The quantitative estimate of drug-likeness (QED) is 0.735. The average Bonchev–Trinajstić information content (AvgIpc) is 2.64. The van der Waals surface area contributed by atoms with Crippen LogP contribution in [0.15, 0.2) is 42.5 Å². The number of nitrogens with one attached hydrogen (secondary N) is 1. The van der Waals surface area contributed by atoms with Gasteiger partial charge in [0.15, 0.2) is 0 Å². The molecule has 1 N–H and O–H groups in total. The zero-order valence-corrected chi connectivity index (χ0v) is 16.6. The van der Waals surface area contributed by atoms with E-state index in [4.69, 9.17) is 34.8 Å². The van der Waals surface area contributed by atoms with Gasteiger partial charge in [-0.25, -0.2) is 0 Å². The number of hydrogen-bond acceptors (Lipinski definition) is 2. The lowest BCUT2D eigenvalue weighted by molar-refractivity contribution is -0.126. The zero-order valence-electron chi connectivity index (χ0n) is 14.4. The fraction of sp³-hybridized carbons (Fsp3) is 0.350. The van der Waals surface area contributed by atoms with Gasteiger partial charge in [0.25, 0.3) is 0 Å². The molecule has 1 amide bonds. The van der Waals surface area contributed by atoms with Crippen molar-refractivity contribution in [2.45, 2.75) is 25.9 Å².